The minimum atomic E-state index is 0.213. The smallest absolute Gasteiger partial charge is 0.245 e. The van der Waals surface area contributed by atoms with Crippen LogP contribution in [0.1, 0.15) is 62.7 Å². The lowest BCUT2D eigenvalue weighted by molar-refractivity contribution is 0.254. The molecule has 1 N–H and O–H groups in total. The molecule has 1 unspecified atom stereocenters. The van der Waals surface area contributed by atoms with Crippen LogP contribution in [0.5, 0.6) is 11.5 Å². The Morgan fingerprint density at radius 2 is 2.12 bits per heavy atom. The van der Waals surface area contributed by atoms with Crippen molar-refractivity contribution < 1.29 is 14.0 Å². The molecule has 2 heterocycles. The predicted octanol–water partition coefficient (Wildman–Crippen LogP) is 4.06. The molecule has 1 atom stereocenters. The number of nitrogens with zero attached hydrogens (tertiary/aromatic N) is 2. The van der Waals surface area contributed by atoms with Gasteiger partial charge in [-0.25, -0.2) is 0 Å². The Labute approximate surface area is 147 Å². The summed E-state index contributed by atoms with van der Waals surface area (Å²) in [4.78, 5) is 4.56. The van der Waals surface area contributed by atoms with Crippen LogP contribution in [-0.2, 0) is 13.0 Å². The van der Waals surface area contributed by atoms with E-state index >= 15 is 0 Å². The Balaban J connectivity index is 1.47. The average Bonchev–Trinajstić information content (AvgIpc) is 3.32. The zero-order valence-corrected chi connectivity index (χ0v) is 14.9. The van der Waals surface area contributed by atoms with Gasteiger partial charge in [-0.15, -0.1) is 0 Å². The summed E-state index contributed by atoms with van der Waals surface area (Å²) in [5.74, 6) is 3.70. The highest BCUT2D eigenvalue weighted by molar-refractivity contribution is 5.63. The molecule has 0 radical (unpaired) electrons. The minimum Gasteiger partial charge on any atom is -0.492 e. The third-order valence-electron chi connectivity index (χ3n) is 4.93. The Morgan fingerprint density at radius 3 is 2.92 bits per heavy atom. The molecule has 4 rings (SSSR count). The Hall–Kier alpha value is -2.24. The molecule has 0 bridgehead atoms. The number of ether oxygens (including phenoxy) is 2. The summed E-state index contributed by atoms with van der Waals surface area (Å²) in [6.45, 7) is 5.17. The third kappa shape index (κ3) is 3.43. The van der Waals surface area contributed by atoms with Crippen molar-refractivity contribution in [3.8, 4) is 11.5 Å². The largest absolute Gasteiger partial charge is 0.492 e. The maximum absolute atomic E-state index is 5.86. The highest BCUT2D eigenvalue weighted by atomic mass is 16.5. The number of anilines is 1. The number of hydrogen-bond donors (Lipinski definition) is 1. The molecular formula is C19H25N3O3. The lowest BCUT2D eigenvalue weighted by atomic mass is 10.1. The van der Waals surface area contributed by atoms with Crippen molar-refractivity contribution in [1.82, 2.24) is 10.1 Å². The fraction of sp³-hybridized carbons (Fsp3) is 0.579. The summed E-state index contributed by atoms with van der Waals surface area (Å²) < 4.78 is 17.1. The zero-order chi connectivity index (χ0) is 17.2. The fourth-order valence-electron chi connectivity index (χ4n) is 3.71. The highest BCUT2D eigenvalue weighted by Crippen LogP contribution is 2.38. The van der Waals surface area contributed by atoms with Crippen LogP contribution < -0.4 is 14.8 Å². The second-order valence-electron chi connectivity index (χ2n) is 6.90. The van der Waals surface area contributed by atoms with Gasteiger partial charge in [0, 0.05) is 24.0 Å². The van der Waals surface area contributed by atoms with Gasteiger partial charge in [-0.3, -0.25) is 0 Å². The standard InChI is InChI=1S/C19H25N3O3/c1-3-23-17-9-14-8-12(2)24-16(14)10-15(17)20-11-18-21-19(22-25-18)13-6-4-5-7-13/h9-10,12-13,20H,3-8,11H2,1-2H3. The van der Waals surface area contributed by atoms with E-state index in [9.17, 15) is 0 Å². The molecule has 0 amide bonds. The summed E-state index contributed by atoms with van der Waals surface area (Å²) in [6.07, 6.45) is 5.99. The lowest BCUT2D eigenvalue weighted by Gasteiger charge is -2.13. The molecule has 2 aliphatic rings. The van der Waals surface area contributed by atoms with Gasteiger partial charge in [0.1, 0.15) is 17.6 Å². The normalized spacial score (nSPS) is 19.7. The monoisotopic (exact) mass is 343 g/mol. The summed E-state index contributed by atoms with van der Waals surface area (Å²) in [7, 11) is 0. The van der Waals surface area contributed by atoms with Crippen molar-refractivity contribution >= 4 is 5.69 Å². The number of aromatic nitrogens is 2. The molecular weight excluding hydrogens is 318 g/mol. The summed E-state index contributed by atoms with van der Waals surface area (Å²) in [6, 6.07) is 4.08. The van der Waals surface area contributed by atoms with Crippen LogP contribution in [0.3, 0.4) is 0 Å². The first-order chi connectivity index (χ1) is 12.2. The van der Waals surface area contributed by atoms with Crippen LogP contribution in [0.2, 0.25) is 0 Å². The number of benzene rings is 1. The fourth-order valence-corrected chi connectivity index (χ4v) is 3.71. The Kier molecular flexibility index (Phi) is 4.51. The van der Waals surface area contributed by atoms with E-state index in [-0.39, 0.29) is 6.10 Å². The number of nitrogens with one attached hydrogen (secondary N) is 1. The summed E-state index contributed by atoms with van der Waals surface area (Å²) in [5, 5.41) is 7.52. The van der Waals surface area contributed by atoms with E-state index in [1.54, 1.807) is 0 Å². The van der Waals surface area contributed by atoms with E-state index in [2.05, 4.69) is 28.4 Å². The van der Waals surface area contributed by atoms with Crippen molar-refractivity contribution in [1.29, 1.82) is 0 Å². The SMILES string of the molecule is CCOc1cc2c(cc1NCc1nc(C3CCCC3)no1)OC(C)C2. The molecule has 6 heteroatoms. The van der Waals surface area contributed by atoms with Gasteiger partial charge < -0.3 is 19.3 Å². The highest BCUT2D eigenvalue weighted by Gasteiger charge is 2.24. The first kappa shape index (κ1) is 16.2. The van der Waals surface area contributed by atoms with Gasteiger partial charge >= 0.3 is 0 Å². The van der Waals surface area contributed by atoms with Crippen molar-refractivity contribution in [2.24, 2.45) is 0 Å². The van der Waals surface area contributed by atoms with E-state index in [0.717, 1.165) is 29.4 Å². The molecule has 0 spiro atoms. The predicted molar refractivity (Wildman–Crippen MR) is 94.2 cm³/mol. The van der Waals surface area contributed by atoms with Gasteiger partial charge in [-0.1, -0.05) is 18.0 Å². The molecule has 1 fully saturated rings. The second-order valence-corrected chi connectivity index (χ2v) is 6.90. The number of hydrogen-bond acceptors (Lipinski definition) is 6. The van der Waals surface area contributed by atoms with Gasteiger partial charge in [-0.05, 0) is 32.8 Å². The maximum Gasteiger partial charge on any atom is 0.245 e. The van der Waals surface area contributed by atoms with E-state index in [1.807, 2.05) is 13.0 Å². The molecule has 1 saturated carbocycles. The van der Waals surface area contributed by atoms with Gasteiger partial charge in [0.25, 0.3) is 0 Å². The van der Waals surface area contributed by atoms with Crippen LogP contribution in [0.15, 0.2) is 16.7 Å². The molecule has 0 saturated heterocycles. The van der Waals surface area contributed by atoms with Crippen LogP contribution in [-0.4, -0.2) is 22.9 Å². The van der Waals surface area contributed by atoms with E-state index in [0.29, 0.717) is 25.0 Å². The Bertz CT molecular complexity index is 738. The van der Waals surface area contributed by atoms with Gasteiger partial charge in [0.2, 0.25) is 5.89 Å². The van der Waals surface area contributed by atoms with Crippen molar-refractivity contribution in [3.63, 3.8) is 0 Å². The quantitative estimate of drug-likeness (QED) is 0.853. The number of fused-ring (bicyclic) bond motifs is 1. The first-order valence-electron chi connectivity index (χ1n) is 9.25. The van der Waals surface area contributed by atoms with E-state index in [1.165, 1.54) is 31.2 Å². The summed E-state index contributed by atoms with van der Waals surface area (Å²) in [5.41, 5.74) is 2.10. The van der Waals surface area contributed by atoms with Crippen molar-refractivity contribution in [2.75, 3.05) is 11.9 Å². The van der Waals surface area contributed by atoms with Gasteiger partial charge in [-0.2, -0.15) is 4.98 Å². The van der Waals surface area contributed by atoms with E-state index in [4.69, 9.17) is 14.0 Å². The molecule has 1 aliphatic carbocycles. The minimum absolute atomic E-state index is 0.213. The second kappa shape index (κ2) is 6.94. The lowest BCUT2D eigenvalue weighted by Crippen LogP contribution is -2.05. The topological polar surface area (TPSA) is 69.4 Å². The first-order valence-corrected chi connectivity index (χ1v) is 9.25. The van der Waals surface area contributed by atoms with Crippen LogP contribution in [0.25, 0.3) is 0 Å². The van der Waals surface area contributed by atoms with Gasteiger partial charge in [0.15, 0.2) is 5.82 Å². The van der Waals surface area contributed by atoms with E-state index < -0.39 is 0 Å². The van der Waals surface area contributed by atoms with Crippen molar-refractivity contribution in [3.05, 3.63) is 29.4 Å². The molecule has 1 aliphatic heterocycles. The molecule has 25 heavy (non-hydrogen) atoms. The zero-order valence-electron chi connectivity index (χ0n) is 14.9. The van der Waals surface area contributed by atoms with Crippen molar-refractivity contribution in [2.45, 2.75) is 64.5 Å². The van der Waals surface area contributed by atoms with Crippen LogP contribution in [0, 0.1) is 0 Å². The van der Waals surface area contributed by atoms with Crippen LogP contribution >= 0.6 is 0 Å². The maximum atomic E-state index is 5.86. The molecule has 1 aromatic heterocycles. The Morgan fingerprint density at radius 1 is 1.28 bits per heavy atom. The molecule has 2 aromatic rings. The number of rotatable bonds is 6. The molecule has 134 valence electrons. The average molecular weight is 343 g/mol. The summed E-state index contributed by atoms with van der Waals surface area (Å²) >= 11 is 0. The molecule has 6 nitrogen and oxygen atoms in total. The molecule has 1 aromatic carbocycles. The van der Waals surface area contributed by atoms with Gasteiger partial charge in [0.05, 0.1) is 18.8 Å². The van der Waals surface area contributed by atoms with Crippen LogP contribution in [0.4, 0.5) is 5.69 Å². The third-order valence-corrected chi connectivity index (χ3v) is 4.93.